The highest BCUT2D eigenvalue weighted by atomic mass is 32.2. The summed E-state index contributed by atoms with van der Waals surface area (Å²) in [5.74, 6) is -0.0255. The summed E-state index contributed by atoms with van der Waals surface area (Å²) in [5.41, 5.74) is -0.552. The molecule has 0 radical (unpaired) electrons. The minimum absolute atomic E-state index is 0.0255. The summed E-state index contributed by atoms with van der Waals surface area (Å²) in [6.45, 7) is 1.95. The van der Waals surface area contributed by atoms with E-state index in [1.165, 1.54) is 4.90 Å². The maximum absolute atomic E-state index is 12.3. The SMILES string of the molecule is CC1(N2C(=O)NC3(CCC3)C2=O)CC=CS1. The minimum Gasteiger partial charge on any atom is -0.323 e. The predicted octanol–water partition coefficient (Wildman–Crippen LogP) is 1.83. The molecule has 1 unspecified atom stereocenters. The van der Waals surface area contributed by atoms with Gasteiger partial charge in [0.2, 0.25) is 0 Å². The number of nitrogens with zero attached hydrogens (tertiary/aromatic N) is 1. The molecule has 2 heterocycles. The number of amides is 3. The molecule has 0 aromatic carbocycles. The fourth-order valence-corrected chi connectivity index (χ4v) is 3.52. The highest BCUT2D eigenvalue weighted by Crippen LogP contribution is 2.46. The third-order valence-corrected chi connectivity index (χ3v) is 4.94. The van der Waals surface area contributed by atoms with Gasteiger partial charge in [0, 0.05) is 0 Å². The fourth-order valence-electron chi connectivity index (χ4n) is 2.57. The van der Waals surface area contributed by atoms with Crippen LogP contribution in [-0.4, -0.2) is 27.2 Å². The van der Waals surface area contributed by atoms with Gasteiger partial charge in [-0.2, -0.15) is 0 Å². The number of rotatable bonds is 1. The molecule has 1 atom stereocenters. The Morgan fingerprint density at radius 2 is 2.19 bits per heavy atom. The molecule has 1 saturated heterocycles. The highest BCUT2D eigenvalue weighted by molar-refractivity contribution is 8.03. The largest absolute Gasteiger partial charge is 0.326 e. The van der Waals surface area contributed by atoms with Crippen LogP contribution in [0.4, 0.5) is 4.79 Å². The Balaban J connectivity index is 1.91. The second kappa shape index (κ2) is 3.03. The Kier molecular flexibility index (Phi) is 1.93. The molecule has 2 aliphatic heterocycles. The number of thioether (sulfide) groups is 1. The molecule has 4 nitrogen and oxygen atoms in total. The van der Waals surface area contributed by atoms with Crippen LogP contribution in [0.1, 0.15) is 32.6 Å². The van der Waals surface area contributed by atoms with Crippen molar-refractivity contribution in [3.8, 4) is 0 Å². The summed E-state index contributed by atoms with van der Waals surface area (Å²) < 4.78 is 0. The molecule has 1 spiro atoms. The summed E-state index contributed by atoms with van der Waals surface area (Å²) in [6, 6.07) is -0.219. The number of imide groups is 1. The predicted molar refractivity (Wildman–Crippen MR) is 61.7 cm³/mol. The minimum atomic E-state index is -0.552. The standard InChI is InChI=1S/C11H14N2O2S/c1-10(4-3-7-16-10)13-8(14)11(5-2-6-11)12-9(13)15/h3,7H,2,4-6H2,1H3,(H,12,15). The number of hydrogen-bond donors (Lipinski definition) is 1. The molecule has 3 rings (SSSR count). The van der Waals surface area contributed by atoms with Crippen LogP contribution >= 0.6 is 11.8 Å². The maximum atomic E-state index is 12.3. The van der Waals surface area contributed by atoms with Crippen molar-refractivity contribution in [2.75, 3.05) is 0 Å². The molecule has 5 heteroatoms. The van der Waals surface area contributed by atoms with Gasteiger partial charge in [0.05, 0.1) is 0 Å². The van der Waals surface area contributed by atoms with E-state index in [9.17, 15) is 9.59 Å². The molecule has 1 saturated carbocycles. The van der Waals surface area contributed by atoms with Crippen LogP contribution in [0.15, 0.2) is 11.5 Å². The molecular weight excluding hydrogens is 224 g/mol. The Morgan fingerprint density at radius 1 is 1.44 bits per heavy atom. The van der Waals surface area contributed by atoms with Gasteiger partial charge in [-0.25, -0.2) is 9.69 Å². The van der Waals surface area contributed by atoms with Crippen LogP contribution in [0.2, 0.25) is 0 Å². The van der Waals surface area contributed by atoms with Crippen molar-refractivity contribution in [1.82, 2.24) is 10.2 Å². The molecule has 86 valence electrons. The second-order valence-corrected chi connectivity index (χ2v) is 6.26. The summed E-state index contributed by atoms with van der Waals surface area (Å²) in [7, 11) is 0. The molecule has 1 N–H and O–H groups in total. The van der Waals surface area contributed by atoms with E-state index in [4.69, 9.17) is 0 Å². The van der Waals surface area contributed by atoms with Crippen molar-refractivity contribution in [2.45, 2.75) is 43.0 Å². The van der Waals surface area contributed by atoms with Gasteiger partial charge < -0.3 is 5.32 Å². The first-order valence-electron chi connectivity index (χ1n) is 5.57. The van der Waals surface area contributed by atoms with E-state index >= 15 is 0 Å². The van der Waals surface area contributed by atoms with Gasteiger partial charge in [-0.3, -0.25) is 4.79 Å². The van der Waals surface area contributed by atoms with E-state index < -0.39 is 10.4 Å². The van der Waals surface area contributed by atoms with E-state index in [2.05, 4.69) is 5.32 Å². The molecule has 3 aliphatic rings. The molecule has 0 aromatic heterocycles. The third kappa shape index (κ3) is 1.12. The summed E-state index contributed by atoms with van der Waals surface area (Å²) >= 11 is 1.55. The lowest BCUT2D eigenvalue weighted by molar-refractivity contribution is -0.135. The van der Waals surface area contributed by atoms with E-state index in [1.807, 2.05) is 18.4 Å². The van der Waals surface area contributed by atoms with Crippen molar-refractivity contribution < 1.29 is 9.59 Å². The van der Waals surface area contributed by atoms with Gasteiger partial charge in [-0.05, 0) is 38.0 Å². The van der Waals surface area contributed by atoms with E-state index in [-0.39, 0.29) is 11.9 Å². The quantitative estimate of drug-likeness (QED) is 0.709. The van der Waals surface area contributed by atoms with E-state index in [0.717, 1.165) is 25.7 Å². The molecule has 2 fully saturated rings. The zero-order chi connectivity index (χ0) is 11.4. The first kappa shape index (κ1) is 10.2. The van der Waals surface area contributed by atoms with Crippen molar-refractivity contribution in [1.29, 1.82) is 0 Å². The smallest absolute Gasteiger partial charge is 0.323 e. The fraction of sp³-hybridized carbons (Fsp3) is 0.636. The lowest BCUT2D eigenvalue weighted by Gasteiger charge is -2.37. The summed E-state index contributed by atoms with van der Waals surface area (Å²) in [6.07, 6.45) is 5.37. The van der Waals surface area contributed by atoms with Crippen LogP contribution in [0.5, 0.6) is 0 Å². The van der Waals surface area contributed by atoms with Gasteiger partial charge in [-0.1, -0.05) is 6.08 Å². The monoisotopic (exact) mass is 238 g/mol. The number of hydrogen-bond acceptors (Lipinski definition) is 3. The number of urea groups is 1. The van der Waals surface area contributed by atoms with E-state index in [0.29, 0.717) is 0 Å². The summed E-state index contributed by atoms with van der Waals surface area (Å²) in [5, 5.41) is 4.83. The lowest BCUT2D eigenvalue weighted by atomic mass is 9.77. The number of carbonyl (C=O) groups is 2. The average Bonchev–Trinajstić information content (AvgIpc) is 2.68. The molecule has 0 aromatic rings. The Hall–Kier alpha value is -0.970. The summed E-state index contributed by atoms with van der Waals surface area (Å²) in [4.78, 5) is 25.3. The zero-order valence-electron chi connectivity index (χ0n) is 9.16. The topological polar surface area (TPSA) is 49.4 Å². The Bertz CT molecular complexity index is 393. The Labute approximate surface area is 98.4 Å². The van der Waals surface area contributed by atoms with Gasteiger partial charge in [0.15, 0.2) is 0 Å². The third-order valence-electron chi connectivity index (χ3n) is 3.76. The van der Waals surface area contributed by atoms with Crippen LogP contribution in [0.25, 0.3) is 0 Å². The van der Waals surface area contributed by atoms with Crippen LogP contribution in [0, 0.1) is 0 Å². The first-order chi connectivity index (χ1) is 7.57. The number of carbonyl (C=O) groups excluding carboxylic acids is 2. The highest BCUT2D eigenvalue weighted by Gasteiger charge is 2.59. The molecule has 16 heavy (non-hydrogen) atoms. The average molecular weight is 238 g/mol. The maximum Gasteiger partial charge on any atom is 0.326 e. The molecule has 1 aliphatic carbocycles. The normalized spacial score (nSPS) is 35.7. The van der Waals surface area contributed by atoms with Crippen molar-refractivity contribution in [3.05, 3.63) is 11.5 Å². The van der Waals surface area contributed by atoms with Gasteiger partial charge in [0.1, 0.15) is 10.4 Å². The Morgan fingerprint density at radius 3 is 2.62 bits per heavy atom. The van der Waals surface area contributed by atoms with Crippen LogP contribution < -0.4 is 5.32 Å². The van der Waals surface area contributed by atoms with Crippen LogP contribution in [-0.2, 0) is 4.79 Å². The first-order valence-corrected chi connectivity index (χ1v) is 6.45. The molecular formula is C11H14N2O2S. The van der Waals surface area contributed by atoms with E-state index in [1.54, 1.807) is 11.8 Å². The van der Waals surface area contributed by atoms with Crippen molar-refractivity contribution in [3.63, 3.8) is 0 Å². The van der Waals surface area contributed by atoms with Crippen molar-refractivity contribution in [2.24, 2.45) is 0 Å². The molecule has 3 amide bonds. The lowest BCUT2D eigenvalue weighted by Crippen LogP contribution is -2.54. The van der Waals surface area contributed by atoms with Gasteiger partial charge >= 0.3 is 6.03 Å². The van der Waals surface area contributed by atoms with Crippen molar-refractivity contribution >= 4 is 23.7 Å². The van der Waals surface area contributed by atoms with Gasteiger partial charge in [-0.15, -0.1) is 11.8 Å². The molecule has 0 bridgehead atoms. The van der Waals surface area contributed by atoms with Gasteiger partial charge in [0.25, 0.3) is 5.91 Å². The zero-order valence-corrected chi connectivity index (χ0v) is 9.97. The second-order valence-electron chi connectivity index (χ2n) is 4.88. The van der Waals surface area contributed by atoms with Crippen LogP contribution in [0.3, 0.4) is 0 Å². The number of nitrogens with one attached hydrogen (secondary N) is 1.